The Labute approximate surface area is 305 Å². The number of carbonyl (C=O) groups is 2. The number of piperidine rings is 3. The summed E-state index contributed by atoms with van der Waals surface area (Å²) >= 11 is 12.8. The maximum absolute atomic E-state index is 15.2. The summed E-state index contributed by atoms with van der Waals surface area (Å²) in [4.78, 5) is 31.2. The molecule has 3 saturated heterocycles. The summed E-state index contributed by atoms with van der Waals surface area (Å²) in [5, 5.41) is 12.1. The largest absolute Gasteiger partial charge is 0.619 e. The molecule has 0 saturated carbocycles. The summed E-state index contributed by atoms with van der Waals surface area (Å²) in [7, 11) is 3.00. The molecule has 268 valence electrons. The van der Waals surface area contributed by atoms with Gasteiger partial charge in [0.05, 0.1) is 32.0 Å². The molecule has 3 aliphatic rings. The zero-order valence-electron chi connectivity index (χ0n) is 28.4. The van der Waals surface area contributed by atoms with Gasteiger partial charge in [-0.05, 0) is 91.9 Å². The lowest BCUT2D eigenvalue weighted by atomic mass is 9.86. The van der Waals surface area contributed by atoms with E-state index in [1.54, 1.807) is 42.5 Å². The van der Waals surface area contributed by atoms with Gasteiger partial charge in [-0.25, -0.2) is 14.0 Å². The van der Waals surface area contributed by atoms with Crippen molar-refractivity contribution in [1.29, 1.82) is 0 Å². The van der Waals surface area contributed by atoms with Crippen LogP contribution < -0.4 is 19.1 Å². The molecule has 3 aliphatic heterocycles. The van der Waals surface area contributed by atoms with Crippen molar-refractivity contribution < 1.29 is 37.7 Å². The van der Waals surface area contributed by atoms with E-state index in [-0.39, 0.29) is 46.3 Å². The van der Waals surface area contributed by atoms with Crippen molar-refractivity contribution in [2.45, 2.75) is 44.9 Å². The molecule has 1 aromatic heterocycles. The number of benzene rings is 3. The molecule has 7 rings (SSSR count). The van der Waals surface area contributed by atoms with E-state index in [4.69, 9.17) is 42.1 Å². The molecule has 10 nitrogen and oxygen atoms in total. The van der Waals surface area contributed by atoms with Crippen LogP contribution in [0.3, 0.4) is 0 Å². The number of esters is 1. The van der Waals surface area contributed by atoms with Gasteiger partial charge < -0.3 is 24.2 Å². The lowest BCUT2D eigenvalue weighted by Gasteiger charge is -2.44. The number of methoxy groups -OCH3 is 2. The number of carbonyl (C=O) groups excluding carboxylic acids is 2. The number of hydrogen-bond acceptors (Lipinski definition) is 8. The van der Waals surface area contributed by atoms with Crippen molar-refractivity contribution in [3.05, 3.63) is 122 Å². The van der Waals surface area contributed by atoms with Gasteiger partial charge in [0.1, 0.15) is 28.1 Å². The molecule has 0 aliphatic carbocycles. The Morgan fingerprint density at radius 2 is 1.71 bits per heavy atom. The van der Waals surface area contributed by atoms with E-state index >= 15 is 4.39 Å². The Kier molecular flexibility index (Phi) is 11.2. The highest BCUT2D eigenvalue weighted by molar-refractivity contribution is 6.35. The first-order valence-electron chi connectivity index (χ1n) is 16.6. The average Bonchev–Trinajstić information content (AvgIpc) is 3.11. The van der Waals surface area contributed by atoms with E-state index in [0.29, 0.717) is 39.5 Å². The van der Waals surface area contributed by atoms with Crippen molar-refractivity contribution in [1.82, 2.24) is 4.90 Å². The smallest absolute Gasteiger partial charge is 0.415 e. The number of pyridine rings is 1. The lowest BCUT2D eigenvalue weighted by molar-refractivity contribution is -0.605. The molecule has 1 amide bonds. The van der Waals surface area contributed by atoms with Crippen molar-refractivity contribution in [2.24, 2.45) is 5.92 Å². The molecule has 3 fully saturated rings. The first-order valence-corrected chi connectivity index (χ1v) is 17.3. The SMILES string of the molecule is COc1ccc(C(Cc2c(Cl)c[n+]([O-])cc2Cl)OC(=O)c2cc(C)cc(CN(C(=O)O[C@H]3CN4CCC3CC4)c3ccccc3F)c2)cc1OC. The van der Waals surface area contributed by atoms with Gasteiger partial charge in [0.15, 0.2) is 23.9 Å². The molecule has 1 unspecified atom stereocenters. The van der Waals surface area contributed by atoms with Gasteiger partial charge in [0.25, 0.3) is 0 Å². The molecule has 2 bridgehead atoms. The predicted octanol–water partition coefficient (Wildman–Crippen LogP) is 7.47. The second-order valence-corrected chi connectivity index (χ2v) is 13.6. The van der Waals surface area contributed by atoms with E-state index in [0.717, 1.165) is 31.5 Å². The van der Waals surface area contributed by atoms with Crippen LogP contribution in [0.1, 0.15) is 51.6 Å². The third kappa shape index (κ3) is 8.32. The van der Waals surface area contributed by atoms with Crippen molar-refractivity contribution >= 4 is 41.0 Å². The van der Waals surface area contributed by atoms with Gasteiger partial charge in [0, 0.05) is 18.5 Å². The fourth-order valence-electron chi connectivity index (χ4n) is 6.80. The van der Waals surface area contributed by atoms with Crippen molar-refractivity contribution in [3.63, 3.8) is 0 Å². The van der Waals surface area contributed by atoms with Crippen LogP contribution in [0.25, 0.3) is 0 Å². The van der Waals surface area contributed by atoms with Gasteiger partial charge in [-0.3, -0.25) is 9.80 Å². The van der Waals surface area contributed by atoms with E-state index in [1.807, 2.05) is 13.0 Å². The number of aromatic nitrogens is 1. The Morgan fingerprint density at radius 3 is 2.35 bits per heavy atom. The number of halogens is 3. The first kappa shape index (κ1) is 36.2. The molecule has 13 heteroatoms. The number of nitrogens with zero attached hydrogens (tertiary/aromatic N) is 3. The highest BCUT2D eigenvalue weighted by Crippen LogP contribution is 2.36. The summed E-state index contributed by atoms with van der Waals surface area (Å²) < 4.78 is 38.7. The normalized spacial score (nSPS) is 18.5. The zero-order valence-corrected chi connectivity index (χ0v) is 30.0. The highest BCUT2D eigenvalue weighted by Gasteiger charge is 2.38. The fraction of sp³-hybridized carbons (Fsp3) is 0.342. The predicted molar refractivity (Wildman–Crippen MR) is 190 cm³/mol. The minimum atomic E-state index is -0.926. The molecule has 0 spiro atoms. The third-order valence-corrected chi connectivity index (χ3v) is 10.1. The molecule has 0 radical (unpaired) electrons. The molecule has 3 aromatic carbocycles. The Hall–Kier alpha value is -4.58. The highest BCUT2D eigenvalue weighted by atomic mass is 35.5. The summed E-state index contributed by atoms with van der Waals surface area (Å²) in [6, 6.07) is 16.2. The molecule has 2 atom stereocenters. The summed E-state index contributed by atoms with van der Waals surface area (Å²) in [6.07, 6.45) is 2.41. The molecular formula is C38H38Cl2FN3O7. The minimum absolute atomic E-state index is 0.0326. The van der Waals surface area contributed by atoms with Gasteiger partial charge >= 0.3 is 12.1 Å². The number of amides is 1. The molecular weight excluding hydrogens is 700 g/mol. The van der Waals surface area contributed by atoms with Crippen molar-refractivity contribution in [3.8, 4) is 11.5 Å². The van der Waals surface area contributed by atoms with Crippen LogP contribution in [-0.4, -0.2) is 56.9 Å². The van der Waals surface area contributed by atoms with E-state index < -0.39 is 24.0 Å². The van der Waals surface area contributed by atoms with Crippen LogP contribution in [0.2, 0.25) is 10.0 Å². The average molecular weight is 739 g/mol. The summed E-state index contributed by atoms with van der Waals surface area (Å²) in [5.74, 6) is -0.0930. The number of aryl methyl sites for hydroxylation is 1. The van der Waals surface area contributed by atoms with Crippen LogP contribution in [-0.2, 0) is 22.4 Å². The Morgan fingerprint density at radius 1 is 1.00 bits per heavy atom. The Bertz CT molecular complexity index is 1900. The van der Waals surface area contributed by atoms with Crippen LogP contribution in [0.15, 0.2) is 73.1 Å². The maximum atomic E-state index is 15.2. The second kappa shape index (κ2) is 15.8. The monoisotopic (exact) mass is 737 g/mol. The lowest BCUT2D eigenvalue weighted by Crippen LogP contribution is -2.53. The number of ether oxygens (including phenoxy) is 4. The van der Waals surface area contributed by atoms with Gasteiger partial charge in [-0.15, -0.1) is 0 Å². The quantitative estimate of drug-likeness (QED) is 0.0888. The Balaban J connectivity index is 1.29. The number of fused-ring (bicyclic) bond motifs is 3. The topological polar surface area (TPSA) is 104 Å². The van der Waals surface area contributed by atoms with Crippen LogP contribution in [0, 0.1) is 23.9 Å². The first-order chi connectivity index (χ1) is 24.5. The summed E-state index contributed by atoms with van der Waals surface area (Å²) in [5.41, 5.74) is 2.52. The van der Waals surface area contributed by atoms with Crippen LogP contribution in [0.5, 0.6) is 11.5 Å². The summed E-state index contributed by atoms with van der Waals surface area (Å²) in [6.45, 7) is 4.37. The zero-order chi connectivity index (χ0) is 36.2. The minimum Gasteiger partial charge on any atom is -0.619 e. The number of rotatable bonds is 11. The van der Waals surface area contributed by atoms with E-state index in [1.165, 1.54) is 43.6 Å². The number of para-hydroxylation sites is 1. The maximum Gasteiger partial charge on any atom is 0.415 e. The second-order valence-electron chi connectivity index (χ2n) is 12.8. The van der Waals surface area contributed by atoms with Gasteiger partial charge in [0.2, 0.25) is 0 Å². The molecule has 4 heterocycles. The van der Waals surface area contributed by atoms with Crippen molar-refractivity contribution in [2.75, 3.05) is 38.8 Å². The number of hydrogen-bond donors (Lipinski definition) is 0. The number of anilines is 1. The van der Waals surface area contributed by atoms with Crippen LogP contribution in [0.4, 0.5) is 14.9 Å². The van der Waals surface area contributed by atoms with Gasteiger partial charge in [-0.2, -0.15) is 4.73 Å². The molecule has 0 N–H and O–H groups in total. The van der Waals surface area contributed by atoms with E-state index in [9.17, 15) is 14.8 Å². The van der Waals surface area contributed by atoms with E-state index in [2.05, 4.69) is 4.90 Å². The van der Waals surface area contributed by atoms with Gasteiger partial charge in [-0.1, -0.05) is 47.5 Å². The third-order valence-electron chi connectivity index (χ3n) is 9.40. The van der Waals surface area contributed by atoms with Crippen LogP contribution >= 0.6 is 23.2 Å². The fourth-order valence-corrected chi connectivity index (χ4v) is 7.40. The molecule has 51 heavy (non-hydrogen) atoms. The standard InChI is InChI=1S/C38H38Cl2FN3O7/c1-23-14-24(19-44(32-7-5-4-6-31(32)41)38(46)51-36-22-42-12-10-25(36)11-13-42)16-27(15-23)37(45)50-34(18-28-29(39)20-43(47)21-30(28)40)26-8-9-33(48-2)35(17-26)49-3/h4-9,14-17,20-21,25,34,36H,10-13,18-19,22H2,1-3H3/t34?,36-/m0/s1. The molecule has 4 aromatic rings.